The van der Waals surface area contributed by atoms with Gasteiger partial charge in [0, 0.05) is 56.2 Å². The summed E-state index contributed by atoms with van der Waals surface area (Å²) in [4.78, 5) is 16.9. The summed E-state index contributed by atoms with van der Waals surface area (Å²) in [6.45, 7) is 1.02. The van der Waals surface area contributed by atoms with Crippen LogP contribution in [0.3, 0.4) is 0 Å². The summed E-state index contributed by atoms with van der Waals surface area (Å²) in [5, 5.41) is 3.79. The number of hydrogen-bond acceptors (Lipinski definition) is 4. The second-order valence-electron chi connectivity index (χ2n) is 7.43. The van der Waals surface area contributed by atoms with Crippen molar-refractivity contribution >= 4 is 26.8 Å². The van der Waals surface area contributed by atoms with Crippen LogP contribution in [-0.2, 0) is 28.4 Å². The molecule has 0 radical (unpaired) electrons. The highest BCUT2D eigenvalue weighted by molar-refractivity contribution is 7.89. The number of benzene rings is 1. The van der Waals surface area contributed by atoms with E-state index in [9.17, 15) is 13.2 Å². The Labute approximate surface area is 170 Å². The third kappa shape index (κ3) is 4.04. The molecule has 1 saturated heterocycles. The summed E-state index contributed by atoms with van der Waals surface area (Å²) in [7, 11) is -1.72. The second-order valence-corrected chi connectivity index (χ2v) is 9.37. The van der Waals surface area contributed by atoms with E-state index in [0.29, 0.717) is 25.9 Å². The average Bonchev–Trinajstić information content (AvgIpc) is 3.13. The minimum atomic E-state index is -3.64. The Morgan fingerprint density at radius 2 is 2.14 bits per heavy atom. The average molecular weight is 413 g/mol. The van der Waals surface area contributed by atoms with Gasteiger partial charge in [-0.25, -0.2) is 8.42 Å². The summed E-state index contributed by atoms with van der Waals surface area (Å²) >= 11 is 0. The Hall–Kier alpha value is -2.71. The molecule has 0 saturated carbocycles. The molecule has 0 aliphatic carbocycles. The van der Waals surface area contributed by atoms with Gasteiger partial charge in [0.25, 0.3) is 0 Å². The number of piperidine rings is 1. The lowest BCUT2D eigenvalue weighted by Crippen LogP contribution is -2.45. The van der Waals surface area contributed by atoms with Gasteiger partial charge in [-0.3, -0.25) is 9.78 Å². The smallest absolute Gasteiger partial charge is 0.243 e. The van der Waals surface area contributed by atoms with E-state index >= 15 is 0 Å². The molecule has 1 amide bonds. The van der Waals surface area contributed by atoms with Gasteiger partial charge >= 0.3 is 0 Å². The molecule has 1 N–H and O–H groups in total. The molecule has 29 heavy (non-hydrogen) atoms. The topological polar surface area (TPSA) is 84.3 Å². The van der Waals surface area contributed by atoms with Crippen molar-refractivity contribution in [3.05, 3.63) is 60.6 Å². The lowest BCUT2D eigenvalue weighted by molar-refractivity contribution is -0.126. The number of sulfonamides is 1. The van der Waals surface area contributed by atoms with Gasteiger partial charge in [0.1, 0.15) is 0 Å². The van der Waals surface area contributed by atoms with E-state index in [1.54, 1.807) is 24.5 Å². The van der Waals surface area contributed by atoms with Gasteiger partial charge in [0.15, 0.2) is 0 Å². The van der Waals surface area contributed by atoms with Gasteiger partial charge in [0.05, 0.1) is 10.8 Å². The van der Waals surface area contributed by atoms with E-state index < -0.39 is 10.0 Å². The minimum absolute atomic E-state index is 0.118. The van der Waals surface area contributed by atoms with Gasteiger partial charge in [-0.05, 0) is 48.7 Å². The largest absolute Gasteiger partial charge is 0.352 e. The number of nitrogens with one attached hydrogen (secondary N) is 1. The van der Waals surface area contributed by atoms with Crippen LogP contribution in [-0.4, -0.2) is 41.3 Å². The monoisotopic (exact) mass is 412 g/mol. The SMILES string of the molecule is Cn1ccc2cc(S(=O)(=O)N3CCCC(C(=O)NCc4cccnc4)C3)ccc21. The van der Waals surface area contributed by atoms with Crippen LogP contribution in [0.25, 0.3) is 10.9 Å². The van der Waals surface area contributed by atoms with Gasteiger partial charge in [-0.1, -0.05) is 6.07 Å². The fourth-order valence-electron chi connectivity index (χ4n) is 3.78. The van der Waals surface area contributed by atoms with Crippen LogP contribution in [0.4, 0.5) is 0 Å². The van der Waals surface area contributed by atoms with Crippen molar-refractivity contribution in [1.82, 2.24) is 19.2 Å². The number of amides is 1. The van der Waals surface area contributed by atoms with Crippen molar-refractivity contribution in [2.24, 2.45) is 13.0 Å². The zero-order valence-electron chi connectivity index (χ0n) is 16.3. The maximum absolute atomic E-state index is 13.2. The first-order chi connectivity index (χ1) is 13.9. The number of aryl methyl sites for hydroxylation is 1. The van der Waals surface area contributed by atoms with Crippen molar-refractivity contribution < 1.29 is 13.2 Å². The molecule has 3 aromatic rings. The number of hydrogen-bond donors (Lipinski definition) is 1. The number of pyridine rings is 1. The molecule has 152 valence electrons. The number of carbonyl (C=O) groups is 1. The van der Waals surface area contributed by atoms with Crippen LogP contribution in [0.15, 0.2) is 59.9 Å². The third-order valence-corrected chi connectivity index (χ3v) is 7.30. The van der Waals surface area contributed by atoms with E-state index in [2.05, 4.69) is 10.3 Å². The van der Waals surface area contributed by atoms with Crippen molar-refractivity contribution in [2.75, 3.05) is 13.1 Å². The second kappa shape index (κ2) is 7.96. The molecule has 0 bridgehead atoms. The number of fused-ring (bicyclic) bond motifs is 1. The quantitative estimate of drug-likeness (QED) is 0.697. The van der Waals surface area contributed by atoms with Crippen LogP contribution in [0.2, 0.25) is 0 Å². The van der Waals surface area contributed by atoms with Gasteiger partial charge in [0.2, 0.25) is 15.9 Å². The van der Waals surface area contributed by atoms with Gasteiger partial charge in [-0.2, -0.15) is 4.31 Å². The molecular weight excluding hydrogens is 388 g/mol. The normalized spacial score (nSPS) is 18.0. The molecule has 1 aromatic carbocycles. The fraction of sp³-hybridized carbons (Fsp3) is 0.333. The van der Waals surface area contributed by atoms with E-state index in [1.165, 1.54) is 4.31 Å². The standard InChI is InChI=1S/C21H24N4O3S/c1-24-11-8-17-12-19(6-7-20(17)24)29(27,28)25-10-3-5-18(15-25)21(26)23-14-16-4-2-9-22-13-16/h2,4,6-9,11-13,18H,3,5,10,14-15H2,1H3,(H,23,26). The molecule has 1 atom stereocenters. The van der Waals surface area contributed by atoms with Crippen LogP contribution >= 0.6 is 0 Å². The number of rotatable bonds is 5. The first-order valence-electron chi connectivity index (χ1n) is 9.67. The Balaban J connectivity index is 1.46. The highest BCUT2D eigenvalue weighted by atomic mass is 32.2. The Morgan fingerprint density at radius 3 is 2.93 bits per heavy atom. The molecule has 2 aromatic heterocycles. The van der Waals surface area contributed by atoms with E-state index in [-0.39, 0.29) is 23.3 Å². The Bertz CT molecular complexity index is 1130. The molecule has 1 fully saturated rings. The zero-order valence-corrected chi connectivity index (χ0v) is 17.1. The Kier molecular flexibility index (Phi) is 5.38. The minimum Gasteiger partial charge on any atom is -0.352 e. The fourth-order valence-corrected chi connectivity index (χ4v) is 5.34. The van der Waals surface area contributed by atoms with Crippen molar-refractivity contribution in [1.29, 1.82) is 0 Å². The van der Waals surface area contributed by atoms with Crippen molar-refractivity contribution in [2.45, 2.75) is 24.3 Å². The van der Waals surface area contributed by atoms with Crippen LogP contribution in [0.5, 0.6) is 0 Å². The predicted octanol–water partition coefficient (Wildman–Crippen LogP) is 2.29. The van der Waals surface area contributed by atoms with E-state index in [1.807, 2.05) is 42.1 Å². The Morgan fingerprint density at radius 1 is 1.28 bits per heavy atom. The summed E-state index contributed by atoms with van der Waals surface area (Å²) in [6, 6.07) is 10.8. The van der Waals surface area contributed by atoms with Crippen molar-refractivity contribution in [3.8, 4) is 0 Å². The lowest BCUT2D eigenvalue weighted by Gasteiger charge is -2.31. The number of nitrogens with zero attached hydrogens (tertiary/aromatic N) is 3. The molecule has 1 aliphatic heterocycles. The molecule has 4 rings (SSSR count). The zero-order chi connectivity index (χ0) is 20.4. The highest BCUT2D eigenvalue weighted by Gasteiger charge is 2.33. The third-order valence-electron chi connectivity index (χ3n) is 5.44. The molecule has 3 heterocycles. The predicted molar refractivity (Wildman–Crippen MR) is 110 cm³/mol. The van der Waals surface area contributed by atoms with Crippen molar-refractivity contribution in [3.63, 3.8) is 0 Å². The van der Waals surface area contributed by atoms with Gasteiger partial charge < -0.3 is 9.88 Å². The molecule has 1 unspecified atom stereocenters. The maximum atomic E-state index is 13.2. The summed E-state index contributed by atoms with van der Waals surface area (Å²) < 4.78 is 29.7. The molecule has 1 aliphatic rings. The molecule has 8 heteroatoms. The summed E-state index contributed by atoms with van der Waals surface area (Å²) in [5.41, 5.74) is 1.90. The van der Waals surface area contributed by atoms with E-state index in [4.69, 9.17) is 0 Å². The number of aromatic nitrogens is 2. The number of carbonyl (C=O) groups excluding carboxylic acids is 1. The highest BCUT2D eigenvalue weighted by Crippen LogP contribution is 2.26. The van der Waals surface area contributed by atoms with E-state index in [0.717, 1.165) is 16.5 Å². The lowest BCUT2D eigenvalue weighted by atomic mass is 9.99. The molecule has 0 spiro atoms. The summed E-state index contributed by atoms with van der Waals surface area (Å²) in [5.74, 6) is -0.470. The van der Waals surface area contributed by atoms with Gasteiger partial charge in [-0.15, -0.1) is 0 Å². The summed E-state index contributed by atoms with van der Waals surface area (Å²) in [6.07, 6.45) is 6.64. The van der Waals surface area contributed by atoms with Crippen LogP contribution < -0.4 is 5.32 Å². The van der Waals surface area contributed by atoms with Crippen LogP contribution in [0, 0.1) is 5.92 Å². The van der Waals surface area contributed by atoms with Crippen LogP contribution in [0.1, 0.15) is 18.4 Å². The molecular formula is C21H24N4O3S. The maximum Gasteiger partial charge on any atom is 0.243 e. The molecule has 7 nitrogen and oxygen atoms in total. The first kappa shape index (κ1) is 19.6. The first-order valence-corrected chi connectivity index (χ1v) is 11.1.